The summed E-state index contributed by atoms with van der Waals surface area (Å²) in [5.74, 6) is 1.73. The van der Waals surface area contributed by atoms with E-state index < -0.39 is 0 Å². The molecule has 2 aliphatic rings. The average molecular weight is 358 g/mol. The zero-order valence-corrected chi connectivity index (χ0v) is 15.2. The smallest absolute Gasteiger partial charge is 0.261 e. The number of rotatable bonds is 7. The second-order valence-electron chi connectivity index (χ2n) is 6.84. The Kier molecular flexibility index (Phi) is 4.43. The molecule has 2 saturated carbocycles. The highest BCUT2D eigenvalue weighted by Crippen LogP contribution is 2.42. The zero-order chi connectivity index (χ0) is 17.4. The Bertz CT molecular complexity index is 787. The molecule has 0 spiro atoms. The predicted molar refractivity (Wildman–Crippen MR) is 97.5 cm³/mol. The van der Waals surface area contributed by atoms with Crippen LogP contribution in [0, 0.1) is 12.8 Å². The van der Waals surface area contributed by atoms with Crippen LogP contribution in [0.1, 0.15) is 46.1 Å². The number of ether oxygens (including phenoxy) is 1. The van der Waals surface area contributed by atoms with E-state index in [-0.39, 0.29) is 5.91 Å². The molecule has 25 heavy (non-hydrogen) atoms. The quantitative estimate of drug-likeness (QED) is 0.796. The number of hydrogen-bond donors (Lipinski definition) is 2. The van der Waals surface area contributed by atoms with Crippen LogP contribution in [0.3, 0.4) is 0 Å². The van der Waals surface area contributed by atoms with Crippen LogP contribution < -0.4 is 15.4 Å². The number of methoxy groups -OCH3 is 1. The van der Waals surface area contributed by atoms with Gasteiger partial charge in [-0.3, -0.25) is 10.1 Å². The largest absolute Gasteiger partial charge is 0.496 e. The van der Waals surface area contributed by atoms with Crippen molar-refractivity contribution in [2.75, 3.05) is 19.0 Å². The van der Waals surface area contributed by atoms with Gasteiger partial charge in [0, 0.05) is 12.0 Å². The van der Waals surface area contributed by atoms with E-state index in [0.717, 1.165) is 23.9 Å². The third-order valence-corrected chi connectivity index (χ3v) is 5.55. The molecular weight excluding hydrogens is 336 g/mol. The Morgan fingerprint density at radius 3 is 2.88 bits per heavy atom. The molecule has 4 rings (SSSR count). The summed E-state index contributed by atoms with van der Waals surface area (Å²) < 4.78 is 5.37. The highest BCUT2D eigenvalue weighted by molar-refractivity contribution is 7.15. The van der Waals surface area contributed by atoms with E-state index >= 15 is 0 Å². The number of nitrogens with one attached hydrogen (secondary N) is 2. The first-order valence-corrected chi connectivity index (χ1v) is 9.48. The summed E-state index contributed by atoms with van der Waals surface area (Å²) >= 11 is 1.36. The topological polar surface area (TPSA) is 76.1 Å². The summed E-state index contributed by atoms with van der Waals surface area (Å²) in [6, 6.07) is 6.43. The molecule has 0 radical (unpaired) electrons. The lowest BCUT2D eigenvalue weighted by Gasteiger charge is -2.10. The van der Waals surface area contributed by atoms with Gasteiger partial charge >= 0.3 is 0 Å². The van der Waals surface area contributed by atoms with Crippen molar-refractivity contribution in [3.8, 4) is 5.75 Å². The highest BCUT2D eigenvalue weighted by Gasteiger charge is 2.39. The maximum Gasteiger partial charge on any atom is 0.261 e. The molecule has 132 valence electrons. The molecule has 0 aliphatic heterocycles. The second-order valence-corrected chi connectivity index (χ2v) is 8.02. The van der Waals surface area contributed by atoms with E-state index in [4.69, 9.17) is 4.74 Å². The number of nitrogens with zero attached hydrogens (tertiary/aromatic N) is 2. The van der Waals surface area contributed by atoms with Crippen LogP contribution in [0.4, 0.5) is 5.13 Å². The molecule has 2 atom stereocenters. The summed E-state index contributed by atoms with van der Waals surface area (Å²) in [6.07, 6.45) is 3.86. The minimum atomic E-state index is -0.210. The Morgan fingerprint density at radius 1 is 1.36 bits per heavy atom. The van der Waals surface area contributed by atoms with Gasteiger partial charge in [-0.05, 0) is 56.3 Å². The van der Waals surface area contributed by atoms with Crippen molar-refractivity contribution in [1.82, 2.24) is 15.5 Å². The Labute approximate surface area is 151 Å². The van der Waals surface area contributed by atoms with E-state index in [0.29, 0.717) is 28.4 Å². The number of carbonyl (C=O) groups is 1. The fourth-order valence-electron chi connectivity index (χ4n) is 3.07. The van der Waals surface area contributed by atoms with Crippen LogP contribution >= 0.6 is 11.3 Å². The predicted octanol–water partition coefficient (Wildman–Crippen LogP) is 2.96. The SMILES string of the molecule is COc1ccc([C@@H]2C[C@H]2NCC2CC2)cc1C(=O)Nc1nnc(C)s1. The third kappa shape index (κ3) is 3.82. The molecule has 0 saturated heterocycles. The van der Waals surface area contributed by atoms with E-state index in [1.54, 1.807) is 7.11 Å². The summed E-state index contributed by atoms with van der Waals surface area (Å²) in [5.41, 5.74) is 1.73. The summed E-state index contributed by atoms with van der Waals surface area (Å²) in [4.78, 5) is 12.6. The molecular formula is C18H22N4O2S. The van der Waals surface area contributed by atoms with Crippen molar-refractivity contribution in [1.29, 1.82) is 0 Å². The van der Waals surface area contributed by atoms with E-state index in [1.165, 1.54) is 29.7 Å². The first-order valence-electron chi connectivity index (χ1n) is 8.67. The van der Waals surface area contributed by atoms with Crippen molar-refractivity contribution in [3.63, 3.8) is 0 Å². The van der Waals surface area contributed by atoms with Gasteiger partial charge in [0.15, 0.2) is 0 Å². The van der Waals surface area contributed by atoms with Crippen LogP contribution in [0.15, 0.2) is 18.2 Å². The summed E-state index contributed by atoms with van der Waals surface area (Å²) in [6.45, 7) is 2.98. The zero-order valence-electron chi connectivity index (χ0n) is 14.4. The lowest BCUT2D eigenvalue weighted by molar-refractivity contribution is 0.102. The van der Waals surface area contributed by atoms with Crippen LogP contribution in [0.2, 0.25) is 0 Å². The van der Waals surface area contributed by atoms with Gasteiger partial charge in [-0.2, -0.15) is 0 Å². The molecule has 1 amide bonds. The molecule has 0 bridgehead atoms. The van der Waals surface area contributed by atoms with Crippen LogP contribution in [0.25, 0.3) is 0 Å². The second kappa shape index (κ2) is 6.72. The lowest BCUT2D eigenvalue weighted by Crippen LogP contribution is -2.20. The number of amides is 1. The van der Waals surface area contributed by atoms with Gasteiger partial charge in [0.05, 0.1) is 12.7 Å². The molecule has 1 heterocycles. The first-order chi connectivity index (χ1) is 12.1. The number of aryl methyl sites for hydroxylation is 1. The van der Waals surface area contributed by atoms with Crippen LogP contribution in [0.5, 0.6) is 5.75 Å². The molecule has 2 aliphatic carbocycles. The van der Waals surface area contributed by atoms with Crippen LogP contribution in [-0.4, -0.2) is 35.8 Å². The van der Waals surface area contributed by atoms with Crippen molar-refractivity contribution < 1.29 is 9.53 Å². The van der Waals surface area contributed by atoms with Crippen molar-refractivity contribution in [2.45, 2.75) is 38.1 Å². The number of anilines is 1. The van der Waals surface area contributed by atoms with Gasteiger partial charge in [0.25, 0.3) is 5.91 Å². The molecule has 0 unspecified atom stereocenters. The Hall–Kier alpha value is -1.99. The normalized spacial score (nSPS) is 21.8. The first kappa shape index (κ1) is 16.5. The van der Waals surface area contributed by atoms with Gasteiger partial charge in [-0.1, -0.05) is 17.4 Å². The molecule has 7 heteroatoms. The number of hydrogen-bond acceptors (Lipinski definition) is 6. The number of aromatic nitrogens is 2. The Balaban J connectivity index is 1.47. The van der Waals surface area contributed by atoms with Crippen LogP contribution in [-0.2, 0) is 0 Å². The summed E-state index contributed by atoms with van der Waals surface area (Å²) in [7, 11) is 1.58. The standard InChI is InChI=1S/C18H22N4O2S/c1-10-21-22-18(25-10)20-17(23)14-7-12(5-6-16(14)24-2)13-8-15(13)19-9-11-3-4-11/h5-7,11,13,15,19H,3-4,8-9H2,1-2H3,(H,20,22,23)/t13-,15+/m0/s1. The summed E-state index contributed by atoms with van der Waals surface area (Å²) in [5, 5.41) is 15.6. The monoisotopic (exact) mass is 358 g/mol. The molecule has 2 aromatic rings. The van der Waals surface area contributed by atoms with E-state index in [1.807, 2.05) is 19.1 Å². The molecule has 6 nitrogen and oxygen atoms in total. The van der Waals surface area contributed by atoms with E-state index in [9.17, 15) is 4.79 Å². The van der Waals surface area contributed by atoms with Crippen molar-refractivity contribution in [3.05, 3.63) is 34.3 Å². The molecule has 2 fully saturated rings. The van der Waals surface area contributed by atoms with Gasteiger partial charge < -0.3 is 10.1 Å². The average Bonchev–Trinajstić information content (AvgIpc) is 3.52. The van der Waals surface area contributed by atoms with Gasteiger partial charge in [-0.15, -0.1) is 10.2 Å². The minimum absolute atomic E-state index is 0.210. The molecule has 1 aromatic heterocycles. The minimum Gasteiger partial charge on any atom is -0.496 e. The maximum absolute atomic E-state index is 12.6. The van der Waals surface area contributed by atoms with Gasteiger partial charge in [0.2, 0.25) is 5.13 Å². The lowest BCUT2D eigenvalue weighted by atomic mass is 10.0. The van der Waals surface area contributed by atoms with Crippen molar-refractivity contribution >= 4 is 22.4 Å². The molecule has 2 N–H and O–H groups in total. The van der Waals surface area contributed by atoms with E-state index in [2.05, 4.69) is 26.9 Å². The fraction of sp³-hybridized carbons (Fsp3) is 0.500. The Morgan fingerprint density at radius 2 is 2.20 bits per heavy atom. The number of benzene rings is 1. The van der Waals surface area contributed by atoms with Gasteiger partial charge in [-0.25, -0.2) is 0 Å². The highest BCUT2D eigenvalue weighted by atomic mass is 32.1. The van der Waals surface area contributed by atoms with Gasteiger partial charge in [0.1, 0.15) is 10.8 Å². The fourth-order valence-corrected chi connectivity index (χ4v) is 3.66. The number of carbonyl (C=O) groups excluding carboxylic acids is 1. The third-order valence-electron chi connectivity index (χ3n) is 4.80. The maximum atomic E-state index is 12.6. The molecule has 1 aromatic carbocycles. The van der Waals surface area contributed by atoms with Crippen molar-refractivity contribution in [2.24, 2.45) is 5.92 Å².